The quantitative estimate of drug-likeness (QED) is 0.829. The van der Waals surface area contributed by atoms with Gasteiger partial charge < -0.3 is 10.4 Å². The van der Waals surface area contributed by atoms with Gasteiger partial charge in [0.1, 0.15) is 5.60 Å². The average molecular weight is 273 g/mol. The highest BCUT2D eigenvalue weighted by molar-refractivity contribution is 5.92. The number of benzene rings is 1. The fourth-order valence-electron chi connectivity index (χ4n) is 2.85. The molecule has 0 saturated carbocycles. The first-order valence-electron chi connectivity index (χ1n) is 7.32. The fourth-order valence-corrected chi connectivity index (χ4v) is 2.85. The third-order valence-corrected chi connectivity index (χ3v) is 3.97. The number of carbonyl (C=O) groups excluding carboxylic acids is 1. The highest BCUT2D eigenvalue weighted by Gasteiger charge is 2.34. The van der Waals surface area contributed by atoms with Crippen LogP contribution in [0, 0.1) is 0 Å². The molecule has 1 aromatic rings. The normalized spacial score (nSPS) is 22.2. The summed E-state index contributed by atoms with van der Waals surface area (Å²) in [5.41, 5.74) is 1.93. The van der Waals surface area contributed by atoms with E-state index in [2.05, 4.69) is 11.4 Å². The Kier molecular flexibility index (Phi) is 4.61. The molecule has 0 bridgehead atoms. The van der Waals surface area contributed by atoms with Gasteiger partial charge in [0, 0.05) is 5.57 Å². The van der Waals surface area contributed by atoms with Crippen molar-refractivity contribution in [1.29, 1.82) is 0 Å². The average Bonchev–Trinajstić information content (AvgIpc) is 2.46. The Morgan fingerprint density at radius 1 is 1.45 bits per heavy atom. The van der Waals surface area contributed by atoms with Crippen LogP contribution in [0.1, 0.15) is 44.2 Å². The van der Waals surface area contributed by atoms with Gasteiger partial charge in [0.25, 0.3) is 0 Å². The van der Waals surface area contributed by atoms with Gasteiger partial charge in [0.2, 0.25) is 5.91 Å². The van der Waals surface area contributed by atoms with Gasteiger partial charge in [-0.25, -0.2) is 0 Å². The predicted molar refractivity (Wildman–Crippen MR) is 80.3 cm³/mol. The van der Waals surface area contributed by atoms with Crippen LogP contribution in [0.15, 0.2) is 35.9 Å². The van der Waals surface area contributed by atoms with Gasteiger partial charge in [0.05, 0.1) is 6.54 Å². The van der Waals surface area contributed by atoms with Crippen LogP contribution in [-0.2, 0) is 16.8 Å². The topological polar surface area (TPSA) is 49.3 Å². The van der Waals surface area contributed by atoms with Crippen molar-refractivity contribution in [2.75, 3.05) is 6.54 Å². The summed E-state index contributed by atoms with van der Waals surface area (Å²) in [5.74, 6) is -0.0941. The molecule has 0 spiro atoms. The Labute approximate surface area is 120 Å². The van der Waals surface area contributed by atoms with Gasteiger partial charge in [-0.1, -0.05) is 37.3 Å². The first-order chi connectivity index (χ1) is 9.57. The molecule has 1 aliphatic rings. The van der Waals surface area contributed by atoms with Gasteiger partial charge in [-0.15, -0.1) is 0 Å². The maximum absolute atomic E-state index is 11.9. The summed E-state index contributed by atoms with van der Waals surface area (Å²) < 4.78 is 0. The smallest absolute Gasteiger partial charge is 0.246 e. The Balaban J connectivity index is 2.10. The minimum Gasteiger partial charge on any atom is -0.383 e. The molecule has 20 heavy (non-hydrogen) atoms. The molecular formula is C17H23NO2. The van der Waals surface area contributed by atoms with Crippen LogP contribution in [0.25, 0.3) is 0 Å². The number of allylic oxidation sites excluding steroid dienone is 1. The molecule has 1 unspecified atom stereocenters. The highest BCUT2D eigenvalue weighted by atomic mass is 16.3. The van der Waals surface area contributed by atoms with Gasteiger partial charge in [-0.05, 0) is 43.7 Å². The molecule has 0 saturated heterocycles. The van der Waals surface area contributed by atoms with E-state index in [0.29, 0.717) is 12.0 Å². The molecule has 0 radical (unpaired) electrons. The maximum Gasteiger partial charge on any atom is 0.246 e. The summed E-state index contributed by atoms with van der Waals surface area (Å²) in [4.78, 5) is 11.9. The van der Waals surface area contributed by atoms with E-state index < -0.39 is 5.60 Å². The second-order valence-electron chi connectivity index (χ2n) is 5.52. The lowest BCUT2D eigenvalue weighted by atomic mass is 9.79. The molecule has 1 atom stereocenters. The molecule has 0 fully saturated rings. The van der Waals surface area contributed by atoms with Gasteiger partial charge >= 0.3 is 0 Å². The van der Waals surface area contributed by atoms with Crippen molar-refractivity contribution in [1.82, 2.24) is 5.32 Å². The molecule has 1 amide bonds. The number of hydrogen-bond acceptors (Lipinski definition) is 2. The highest BCUT2D eigenvalue weighted by Crippen LogP contribution is 2.34. The molecule has 108 valence electrons. The summed E-state index contributed by atoms with van der Waals surface area (Å²) in [5, 5.41) is 13.7. The van der Waals surface area contributed by atoms with Crippen LogP contribution in [-0.4, -0.2) is 17.6 Å². The zero-order valence-electron chi connectivity index (χ0n) is 12.3. The second-order valence-corrected chi connectivity index (χ2v) is 5.52. The molecular weight excluding hydrogens is 250 g/mol. The SMILES string of the molecule is CCC=C(C)C(=O)NCC1(O)CCCc2ccccc21. The predicted octanol–water partition coefficient (Wildman–Crippen LogP) is 2.68. The van der Waals surface area contributed by atoms with E-state index in [1.165, 1.54) is 5.56 Å². The number of amides is 1. The van der Waals surface area contributed by atoms with E-state index in [-0.39, 0.29) is 12.5 Å². The number of rotatable bonds is 4. The Morgan fingerprint density at radius 2 is 2.20 bits per heavy atom. The van der Waals surface area contributed by atoms with Gasteiger partial charge in [0.15, 0.2) is 0 Å². The summed E-state index contributed by atoms with van der Waals surface area (Å²) in [6.45, 7) is 4.08. The van der Waals surface area contributed by atoms with Crippen LogP contribution in [0.3, 0.4) is 0 Å². The Hall–Kier alpha value is -1.61. The van der Waals surface area contributed by atoms with E-state index in [1.54, 1.807) is 6.92 Å². The van der Waals surface area contributed by atoms with E-state index in [0.717, 1.165) is 24.8 Å². The van der Waals surface area contributed by atoms with Crippen molar-refractivity contribution < 1.29 is 9.90 Å². The van der Waals surface area contributed by atoms with Crippen LogP contribution in [0.4, 0.5) is 0 Å². The Morgan fingerprint density at radius 3 is 2.95 bits per heavy atom. The van der Waals surface area contributed by atoms with Crippen LogP contribution in [0.5, 0.6) is 0 Å². The third-order valence-electron chi connectivity index (χ3n) is 3.97. The minimum atomic E-state index is -0.934. The largest absolute Gasteiger partial charge is 0.383 e. The van der Waals surface area contributed by atoms with Gasteiger partial charge in [-0.3, -0.25) is 4.79 Å². The molecule has 3 heteroatoms. The summed E-state index contributed by atoms with van der Waals surface area (Å²) in [7, 11) is 0. The standard InChI is InChI=1S/C17H23NO2/c1-3-7-13(2)16(19)18-12-17(20)11-6-9-14-8-4-5-10-15(14)17/h4-5,7-8,10,20H,3,6,9,11-12H2,1-2H3,(H,18,19). The lowest BCUT2D eigenvalue weighted by molar-refractivity contribution is -0.119. The van der Waals surface area contributed by atoms with Crippen LogP contribution in [0.2, 0.25) is 0 Å². The van der Waals surface area contributed by atoms with Crippen molar-refractivity contribution in [3.63, 3.8) is 0 Å². The number of aliphatic hydroxyl groups is 1. The first-order valence-corrected chi connectivity index (χ1v) is 7.32. The lowest BCUT2D eigenvalue weighted by Crippen LogP contribution is -2.43. The van der Waals surface area contributed by atoms with Crippen molar-refractivity contribution >= 4 is 5.91 Å². The molecule has 2 N–H and O–H groups in total. The summed E-state index contributed by atoms with van der Waals surface area (Å²) in [6.07, 6.45) is 5.38. The lowest BCUT2D eigenvalue weighted by Gasteiger charge is -2.34. The second kappa shape index (κ2) is 6.23. The van der Waals surface area contributed by atoms with Crippen LogP contribution < -0.4 is 5.32 Å². The monoisotopic (exact) mass is 273 g/mol. The fraction of sp³-hybridized carbons (Fsp3) is 0.471. The molecule has 1 aliphatic carbocycles. The zero-order valence-corrected chi connectivity index (χ0v) is 12.3. The number of fused-ring (bicyclic) bond motifs is 1. The summed E-state index contributed by atoms with van der Waals surface area (Å²) >= 11 is 0. The molecule has 1 aromatic carbocycles. The number of hydrogen-bond donors (Lipinski definition) is 2. The van der Waals surface area contributed by atoms with E-state index in [9.17, 15) is 9.90 Å². The maximum atomic E-state index is 11.9. The third kappa shape index (κ3) is 3.10. The summed E-state index contributed by atoms with van der Waals surface area (Å²) in [6, 6.07) is 7.97. The number of nitrogens with one attached hydrogen (secondary N) is 1. The van der Waals surface area contributed by atoms with Crippen molar-refractivity contribution in [2.24, 2.45) is 0 Å². The molecule has 0 aliphatic heterocycles. The van der Waals surface area contributed by atoms with Crippen LogP contribution >= 0.6 is 0 Å². The number of aryl methyl sites for hydroxylation is 1. The Bertz CT molecular complexity index is 521. The van der Waals surface area contributed by atoms with Crippen molar-refractivity contribution in [2.45, 2.75) is 45.1 Å². The molecule has 0 heterocycles. The van der Waals surface area contributed by atoms with E-state index >= 15 is 0 Å². The van der Waals surface area contributed by atoms with Crippen molar-refractivity contribution in [3.05, 3.63) is 47.0 Å². The molecule has 2 rings (SSSR count). The van der Waals surface area contributed by atoms with Crippen molar-refractivity contribution in [3.8, 4) is 0 Å². The van der Waals surface area contributed by atoms with E-state index in [1.807, 2.05) is 31.2 Å². The molecule has 0 aromatic heterocycles. The number of carbonyl (C=O) groups is 1. The molecule has 3 nitrogen and oxygen atoms in total. The first kappa shape index (κ1) is 14.8. The zero-order chi connectivity index (χ0) is 14.6. The minimum absolute atomic E-state index is 0.0941. The van der Waals surface area contributed by atoms with Gasteiger partial charge in [-0.2, -0.15) is 0 Å². The van der Waals surface area contributed by atoms with E-state index in [4.69, 9.17) is 0 Å².